The molecule has 3 rings (SSSR count). The van der Waals surface area contributed by atoms with Crippen molar-refractivity contribution in [1.29, 1.82) is 0 Å². The van der Waals surface area contributed by atoms with Gasteiger partial charge < -0.3 is 9.64 Å². The second kappa shape index (κ2) is 6.12. The standard InChI is InChI=1S/C17H22N4O2/c1-11-7-5-6-8-15(11)21-14(4)18-16(19-21)17(22)20-9-12(2)23-13(3)10-20/h5-8,12-13H,9-10H2,1-4H3. The Kier molecular flexibility index (Phi) is 4.17. The van der Waals surface area contributed by atoms with Gasteiger partial charge in [-0.3, -0.25) is 4.79 Å². The average molecular weight is 314 g/mol. The van der Waals surface area contributed by atoms with Crippen molar-refractivity contribution in [3.05, 3.63) is 41.5 Å². The maximum atomic E-state index is 12.7. The van der Waals surface area contributed by atoms with Crippen LogP contribution in [0.3, 0.4) is 0 Å². The Morgan fingerprint density at radius 3 is 2.48 bits per heavy atom. The van der Waals surface area contributed by atoms with E-state index in [0.717, 1.165) is 11.3 Å². The summed E-state index contributed by atoms with van der Waals surface area (Å²) in [4.78, 5) is 18.9. The minimum absolute atomic E-state index is 0.0299. The first-order chi connectivity index (χ1) is 11.0. The van der Waals surface area contributed by atoms with Gasteiger partial charge in [-0.1, -0.05) is 18.2 Å². The molecule has 1 aromatic carbocycles. The molecule has 0 bridgehead atoms. The first kappa shape index (κ1) is 15.7. The van der Waals surface area contributed by atoms with Gasteiger partial charge in [0.15, 0.2) is 0 Å². The van der Waals surface area contributed by atoms with Gasteiger partial charge in [-0.2, -0.15) is 0 Å². The number of ether oxygens (including phenoxy) is 1. The van der Waals surface area contributed by atoms with Crippen LogP contribution in [0.25, 0.3) is 5.69 Å². The number of carbonyl (C=O) groups excluding carboxylic acids is 1. The number of morpholine rings is 1. The number of amides is 1. The number of carbonyl (C=O) groups is 1. The fraction of sp³-hybridized carbons (Fsp3) is 0.471. The van der Waals surface area contributed by atoms with Crippen LogP contribution >= 0.6 is 0 Å². The van der Waals surface area contributed by atoms with E-state index in [9.17, 15) is 4.79 Å². The molecule has 23 heavy (non-hydrogen) atoms. The largest absolute Gasteiger partial charge is 0.372 e. The molecular weight excluding hydrogens is 292 g/mol. The molecule has 2 heterocycles. The van der Waals surface area contributed by atoms with Crippen molar-refractivity contribution in [3.8, 4) is 5.69 Å². The number of nitrogens with zero attached hydrogens (tertiary/aromatic N) is 4. The van der Waals surface area contributed by atoms with E-state index < -0.39 is 0 Å². The van der Waals surface area contributed by atoms with Crippen LogP contribution in [0.2, 0.25) is 0 Å². The lowest BCUT2D eigenvalue weighted by Crippen LogP contribution is -2.48. The molecule has 0 spiro atoms. The monoisotopic (exact) mass is 314 g/mol. The van der Waals surface area contributed by atoms with Crippen molar-refractivity contribution >= 4 is 5.91 Å². The van der Waals surface area contributed by atoms with Crippen molar-refractivity contribution in [2.75, 3.05) is 13.1 Å². The van der Waals surface area contributed by atoms with Crippen molar-refractivity contribution in [2.45, 2.75) is 39.9 Å². The van der Waals surface area contributed by atoms with Crippen LogP contribution in [0.15, 0.2) is 24.3 Å². The van der Waals surface area contributed by atoms with Gasteiger partial charge in [0.1, 0.15) is 5.82 Å². The van der Waals surface area contributed by atoms with Gasteiger partial charge in [0.25, 0.3) is 5.91 Å². The van der Waals surface area contributed by atoms with Crippen LogP contribution in [0.5, 0.6) is 0 Å². The first-order valence-electron chi connectivity index (χ1n) is 7.90. The molecule has 0 aliphatic carbocycles. The van der Waals surface area contributed by atoms with Gasteiger partial charge in [0.05, 0.1) is 17.9 Å². The number of aryl methyl sites for hydroxylation is 2. The third-order valence-corrected chi connectivity index (χ3v) is 4.01. The topological polar surface area (TPSA) is 60.2 Å². The van der Waals surface area contributed by atoms with Crippen LogP contribution in [0, 0.1) is 13.8 Å². The third-order valence-electron chi connectivity index (χ3n) is 4.01. The Morgan fingerprint density at radius 1 is 1.17 bits per heavy atom. The van der Waals surface area contributed by atoms with Gasteiger partial charge in [-0.05, 0) is 39.3 Å². The minimum atomic E-state index is -0.137. The number of para-hydroxylation sites is 1. The number of aromatic nitrogens is 3. The fourth-order valence-corrected chi connectivity index (χ4v) is 3.00. The van der Waals surface area contributed by atoms with E-state index in [2.05, 4.69) is 10.1 Å². The van der Waals surface area contributed by atoms with E-state index in [1.807, 2.05) is 52.0 Å². The van der Waals surface area contributed by atoms with E-state index in [4.69, 9.17) is 4.74 Å². The Hall–Kier alpha value is -2.21. The quantitative estimate of drug-likeness (QED) is 0.852. The van der Waals surface area contributed by atoms with Crippen LogP contribution < -0.4 is 0 Å². The highest BCUT2D eigenvalue weighted by molar-refractivity contribution is 5.90. The molecule has 0 N–H and O–H groups in total. The summed E-state index contributed by atoms with van der Waals surface area (Å²) in [5.41, 5.74) is 2.04. The zero-order valence-electron chi connectivity index (χ0n) is 14.0. The molecule has 6 nitrogen and oxygen atoms in total. The highest BCUT2D eigenvalue weighted by Crippen LogP contribution is 2.16. The molecule has 2 unspecified atom stereocenters. The predicted molar refractivity (Wildman–Crippen MR) is 86.7 cm³/mol. The number of hydrogen-bond donors (Lipinski definition) is 0. The normalized spacial score (nSPS) is 21.5. The number of benzene rings is 1. The Morgan fingerprint density at radius 2 is 1.83 bits per heavy atom. The second-order valence-corrected chi connectivity index (χ2v) is 6.15. The van der Waals surface area contributed by atoms with E-state index in [1.54, 1.807) is 9.58 Å². The van der Waals surface area contributed by atoms with Gasteiger partial charge in [-0.15, -0.1) is 5.10 Å². The van der Waals surface area contributed by atoms with Crippen molar-refractivity contribution < 1.29 is 9.53 Å². The van der Waals surface area contributed by atoms with E-state index >= 15 is 0 Å². The molecule has 1 aromatic heterocycles. The highest BCUT2D eigenvalue weighted by atomic mass is 16.5. The van der Waals surface area contributed by atoms with Gasteiger partial charge in [0, 0.05) is 13.1 Å². The molecule has 1 amide bonds. The molecule has 1 aliphatic heterocycles. The van der Waals surface area contributed by atoms with E-state index in [-0.39, 0.29) is 23.9 Å². The highest BCUT2D eigenvalue weighted by Gasteiger charge is 2.29. The van der Waals surface area contributed by atoms with Gasteiger partial charge in [-0.25, -0.2) is 9.67 Å². The summed E-state index contributed by atoms with van der Waals surface area (Å²) in [7, 11) is 0. The predicted octanol–water partition coefficient (Wildman–Crippen LogP) is 2.13. The molecule has 122 valence electrons. The van der Waals surface area contributed by atoms with Crippen molar-refractivity contribution in [2.24, 2.45) is 0 Å². The summed E-state index contributed by atoms with van der Waals surface area (Å²) in [5, 5.41) is 4.44. The van der Waals surface area contributed by atoms with E-state index in [1.165, 1.54) is 0 Å². The molecule has 2 aromatic rings. The Bertz CT molecular complexity index is 715. The third kappa shape index (κ3) is 3.12. The lowest BCUT2D eigenvalue weighted by atomic mass is 10.2. The zero-order chi connectivity index (χ0) is 16.6. The molecule has 6 heteroatoms. The van der Waals surface area contributed by atoms with Crippen LogP contribution in [0.1, 0.15) is 35.9 Å². The summed E-state index contributed by atoms with van der Waals surface area (Å²) in [6.45, 7) is 8.97. The van der Waals surface area contributed by atoms with Crippen molar-refractivity contribution in [1.82, 2.24) is 19.7 Å². The summed E-state index contributed by atoms with van der Waals surface area (Å²) >= 11 is 0. The maximum absolute atomic E-state index is 12.7. The molecule has 0 radical (unpaired) electrons. The SMILES string of the molecule is Cc1ccccc1-n1nc(C(=O)N2CC(C)OC(C)C2)nc1C. The molecule has 1 fully saturated rings. The molecule has 1 aliphatic rings. The lowest BCUT2D eigenvalue weighted by Gasteiger charge is -2.34. The van der Waals surface area contributed by atoms with Crippen LogP contribution in [-0.4, -0.2) is 50.9 Å². The minimum Gasteiger partial charge on any atom is -0.372 e. The average Bonchev–Trinajstić information content (AvgIpc) is 2.88. The summed E-state index contributed by atoms with van der Waals surface area (Å²) in [5.74, 6) is 0.812. The van der Waals surface area contributed by atoms with Gasteiger partial charge in [0.2, 0.25) is 5.82 Å². The Labute approximate surface area is 136 Å². The lowest BCUT2D eigenvalue weighted by molar-refractivity contribution is -0.0588. The molecule has 1 saturated heterocycles. The molecule has 2 atom stereocenters. The maximum Gasteiger partial charge on any atom is 0.293 e. The fourth-order valence-electron chi connectivity index (χ4n) is 3.00. The van der Waals surface area contributed by atoms with E-state index in [0.29, 0.717) is 18.9 Å². The summed E-state index contributed by atoms with van der Waals surface area (Å²) < 4.78 is 7.41. The van der Waals surface area contributed by atoms with Crippen LogP contribution in [0.4, 0.5) is 0 Å². The molecular formula is C17H22N4O2. The second-order valence-electron chi connectivity index (χ2n) is 6.15. The number of rotatable bonds is 2. The number of hydrogen-bond acceptors (Lipinski definition) is 4. The van der Waals surface area contributed by atoms with Crippen molar-refractivity contribution in [3.63, 3.8) is 0 Å². The molecule has 0 saturated carbocycles. The van der Waals surface area contributed by atoms with Gasteiger partial charge >= 0.3 is 0 Å². The summed E-state index contributed by atoms with van der Waals surface area (Å²) in [6.07, 6.45) is 0.0597. The first-order valence-corrected chi connectivity index (χ1v) is 7.90. The van der Waals surface area contributed by atoms with Crippen LogP contribution in [-0.2, 0) is 4.74 Å². The Balaban J connectivity index is 1.89. The zero-order valence-corrected chi connectivity index (χ0v) is 14.0. The summed E-state index contributed by atoms with van der Waals surface area (Å²) in [6, 6.07) is 7.93. The smallest absolute Gasteiger partial charge is 0.293 e.